The Morgan fingerprint density at radius 1 is 0.938 bits per heavy atom. The summed E-state index contributed by atoms with van der Waals surface area (Å²) in [6.07, 6.45) is 7.65. The first kappa shape index (κ1) is 11.1. The van der Waals surface area contributed by atoms with E-state index in [1.54, 1.807) is 0 Å². The van der Waals surface area contributed by atoms with Crippen LogP contribution in [-0.2, 0) is 0 Å². The summed E-state index contributed by atoms with van der Waals surface area (Å²) in [6.45, 7) is 9.74. The van der Waals surface area contributed by atoms with Crippen molar-refractivity contribution in [1.82, 2.24) is 0 Å². The highest BCUT2D eigenvalue weighted by atomic mass is 16.3. The van der Waals surface area contributed by atoms with Crippen LogP contribution in [0.2, 0.25) is 0 Å². The maximum absolute atomic E-state index is 10.5. The van der Waals surface area contributed by atoms with Gasteiger partial charge in [0.25, 0.3) is 0 Å². The number of aliphatic hydroxyl groups is 1. The molecule has 16 heavy (non-hydrogen) atoms. The molecule has 1 nitrogen and oxygen atoms in total. The number of hydrogen-bond donors (Lipinski definition) is 1. The van der Waals surface area contributed by atoms with Gasteiger partial charge in [-0.15, -0.1) is 0 Å². The highest BCUT2D eigenvalue weighted by Gasteiger charge is 2.75. The van der Waals surface area contributed by atoms with Gasteiger partial charge in [0.05, 0.1) is 6.10 Å². The molecule has 0 saturated heterocycles. The van der Waals surface area contributed by atoms with Crippen LogP contribution in [0.3, 0.4) is 0 Å². The molecular weight excluding hydrogens is 196 g/mol. The summed E-state index contributed by atoms with van der Waals surface area (Å²) in [5, 5.41) is 10.5. The fourth-order valence-corrected chi connectivity index (χ4v) is 6.00. The van der Waals surface area contributed by atoms with Gasteiger partial charge < -0.3 is 5.11 Å². The van der Waals surface area contributed by atoms with Crippen molar-refractivity contribution in [2.75, 3.05) is 0 Å². The van der Waals surface area contributed by atoms with Gasteiger partial charge in [-0.2, -0.15) is 0 Å². The molecule has 3 fully saturated rings. The second-order valence-electron chi connectivity index (χ2n) is 7.79. The lowest BCUT2D eigenvalue weighted by Crippen LogP contribution is -2.49. The van der Waals surface area contributed by atoms with Gasteiger partial charge in [-0.1, -0.05) is 34.1 Å². The molecule has 92 valence electrons. The van der Waals surface area contributed by atoms with Crippen molar-refractivity contribution in [2.24, 2.45) is 21.7 Å². The molecule has 1 unspecified atom stereocenters. The second-order valence-corrected chi connectivity index (χ2v) is 7.79. The largest absolute Gasteiger partial charge is 0.393 e. The minimum Gasteiger partial charge on any atom is -0.393 e. The number of aliphatic hydroxyl groups excluding tert-OH is 1. The third kappa shape index (κ3) is 0.836. The third-order valence-corrected chi connectivity index (χ3v) is 7.44. The molecule has 0 aliphatic heterocycles. The zero-order valence-corrected chi connectivity index (χ0v) is 11.3. The van der Waals surface area contributed by atoms with Crippen LogP contribution in [0, 0.1) is 21.7 Å². The Bertz CT molecular complexity index is 334. The smallest absolute Gasteiger partial charge is 0.0604 e. The Hall–Kier alpha value is -0.0400. The van der Waals surface area contributed by atoms with E-state index in [0.29, 0.717) is 16.2 Å². The minimum atomic E-state index is -0.0522. The Balaban J connectivity index is 2.18. The molecular formula is C15H26O. The van der Waals surface area contributed by atoms with Crippen LogP contribution < -0.4 is 0 Å². The first-order valence-corrected chi connectivity index (χ1v) is 6.97. The van der Waals surface area contributed by atoms with Crippen LogP contribution in [-0.4, -0.2) is 11.2 Å². The van der Waals surface area contributed by atoms with E-state index in [1.165, 1.54) is 32.1 Å². The van der Waals surface area contributed by atoms with Crippen LogP contribution in [0.25, 0.3) is 0 Å². The average molecular weight is 222 g/mol. The average Bonchev–Trinajstić information content (AvgIpc) is 2.50. The van der Waals surface area contributed by atoms with Gasteiger partial charge in [0, 0.05) is 0 Å². The molecule has 0 aromatic heterocycles. The maximum Gasteiger partial charge on any atom is 0.0604 e. The third-order valence-electron chi connectivity index (χ3n) is 7.44. The van der Waals surface area contributed by atoms with E-state index in [9.17, 15) is 5.11 Å². The van der Waals surface area contributed by atoms with Gasteiger partial charge in [0.1, 0.15) is 0 Å². The van der Waals surface area contributed by atoms with Crippen LogP contribution in [0.5, 0.6) is 0 Å². The van der Waals surface area contributed by atoms with Crippen molar-refractivity contribution >= 4 is 0 Å². The monoisotopic (exact) mass is 222 g/mol. The summed E-state index contributed by atoms with van der Waals surface area (Å²) >= 11 is 0. The molecule has 0 radical (unpaired) electrons. The summed E-state index contributed by atoms with van der Waals surface area (Å²) in [5.74, 6) is 0. The number of hydrogen-bond acceptors (Lipinski definition) is 1. The lowest BCUT2D eigenvalue weighted by Gasteiger charge is -2.57. The van der Waals surface area contributed by atoms with Crippen molar-refractivity contribution in [3.8, 4) is 0 Å². The second kappa shape index (κ2) is 2.68. The predicted octanol–water partition coefficient (Wildman–Crippen LogP) is 3.75. The molecule has 3 aliphatic carbocycles. The molecule has 3 saturated carbocycles. The Morgan fingerprint density at radius 2 is 1.62 bits per heavy atom. The fraction of sp³-hybridized carbons (Fsp3) is 1.00. The van der Waals surface area contributed by atoms with Gasteiger partial charge in [-0.25, -0.2) is 0 Å². The minimum absolute atomic E-state index is 0.0522. The molecule has 0 spiro atoms. The molecule has 4 atom stereocenters. The molecule has 0 aromatic carbocycles. The standard InChI is InChI=1S/C15H26O/c1-12(2)6-5-7-14(4)13(3)8-9-15(12,14)10-11(13)16/h11,16H,5-10H2,1-4H3/t11?,13-,14-,15+/m0/s1. The summed E-state index contributed by atoms with van der Waals surface area (Å²) in [7, 11) is 0. The van der Waals surface area contributed by atoms with E-state index in [4.69, 9.17) is 0 Å². The SMILES string of the molecule is CC1(C)CCC[C@]2(C)[C@@]13CC[C@@]2(C)C(O)C3. The van der Waals surface area contributed by atoms with E-state index in [1.807, 2.05) is 0 Å². The molecule has 2 bridgehead atoms. The summed E-state index contributed by atoms with van der Waals surface area (Å²) in [5.41, 5.74) is 1.44. The van der Waals surface area contributed by atoms with E-state index < -0.39 is 0 Å². The van der Waals surface area contributed by atoms with E-state index in [2.05, 4.69) is 27.7 Å². The highest BCUT2D eigenvalue weighted by Crippen LogP contribution is 2.80. The van der Waals surface area contributed by atoms with Crippen LogP contribution in [0.4, 0.5) is 0 Å². The lowest BCUT2D eigenvalue weighted by atomic mass is 9.47. The predicted molar refractivity (Wildman–Crippen MR) is 66.1 cm³/mol. The Labute approximate surface area is 99.6 Å². The van der Waals surface area contributed by atoms with Gasteiger partial charge >= 0.3 is 0 Å². The normalized spacial score (nSPS) is 58.7. The first-order chi connectivity index (χ1) is 7.29. The summed E-state index contributed by atoms with van der Waals surface area (Å²) in [6, 6.07) is 0. The summed E-state index contributed by atoms with van der Waals surface area (Å²) in [4.78, 5) is 0. The molecule has 3 rings (SSSR count). The molecule has 0 heterocycles. The Morgan fingerprint density at radius 3 is 2.19 bits per heavy atom. The molecule has 1 heteroatoms. The lowest BCUT2D eigenvalue weighted by molar-refractivity contribution is -0.0830. The maximum atomic E-state index is 10.5. The zero-order chi connectivity index (χ0) is 11.8. The van der Waals surface area contributed by atoms with E-state index in [0.717, 1.165) is 6.42 Å². The topological polar surface area (TPSA) is 20.2 Å². The van der Waals surface area contributed by atoms with Crippen LogP contribution in [0.1, 0.15) is 66.2 Å². The van der Waals surface area contributed by atoms with E-state index >= 15 is 0 Å². The van der Waals surface area contributed by atoms with E-state index in [-0.39, 0.29) is 11.5 Å². The molecule has 0 aromatic rings. The van der Waals surface area contributed by atoms with Crippen molar-refractivity contribution in [3.05, 3.63) is 0 Å². The van der Waals surface area contributed by atoms with Crippen LogP contribution in [0.15, 0.2) is 0 Å². The van der Waals surface area contributed by atoms with Gasteiger partial charge in [-0.3, -0.25) is 0 Å². The van der Waals surface area contributed by atoms with Gasteiger partial charge in [0.2, 0.25) is 0 Å². The number of rotatable bonds is 0. The quantitative estimate of drug-likeness (QED) is 0.662. The highest BCUT2D eigenvalue weighted by molar-refractivity contribution is 5.24. The van der Waals surface area contributed by atoms with Crippen molar-refractivity contribution in [2.45, 2.75) is 72.3 Å². The van der Waals surface area contributed by atoms with Crippen molar-refractivity contribution < 1.29 is 5.11 Å². The molecule has 3 aliphatic rings. The van der Waals surface area contributed by atoms with Gasteiger partial charge in [-0.05, 0) is 53.8 Å². The summed E-state index contributed by atoms with van der Waals surface area (Å²) < 4.78 is 0. The first-order valence-electron chi connectivity index (χ1n) is 6.97. The van der Waals surface area contributed by atoms with Gasteiger partial charge in [0.15, 0.2) is 0 Å². The Kier molecular flexibility index (Phi) is 1.86. The van der Waals surface area contributed by atoms with Crippen molar-refractivity contribution in [1.29, 1.82) is 0 Å². The molecule has 0 amide bonds. The fourth-order valence-electron chi connectivity index (χ4n) is 6.00. The van der Waals surface area contributed by atoms with Crippen molar-refractivity contribution in [3.63, 3.8) is 0 Å². The zero-order valence-electron chi connectivity index (χ0n) is 11.3. The molecule has 1 N–H and O–H groups in total. The van der Waals surface area contributed by atoms with Crippen LogP contribution >= 0.6 is 0 Å².